The number of benzene rings is 2. The van der Waals surface area contributed by atoms with Gasteiger partial charge in [0.25, 0.3) is 0 Å². The molecule has 0 aliphatic heterocycles. The van der Waals surface area contributed by atoms with Crippen molar-refractivity contribution in [3.8, 4) is 0 Å². The van der Waals surface area contributed by atoms with Gasteiger partial charge in [-0.3, -0.25) is 14.4 Å². The van der Waals surface area contributed by atoms with E-state index in [0.29, 0.717) is 11.3 Å². The Kier molecular flexibility index (Phi) is 6.06. The summed E-state index contributed by atoms with van der Waals surface area (Å²) in [5, 5.41) is 0. The summed E-state index contributed by atoms with van der Waals surface area (Å²) in [6.45, 7) is 3.19. The highest BCUT2D eigenvalue weighted by Gasteiger charge is 2.17. The molecular formula is C20H22N2O3. The first-order chi connectivity index (χ1) is 11.9. The van der Waals surface area contributed by atoms with E-state index in [1.807, 2.05) is 30.3 Å². The van der Waals surface area contributed by atoms with E-state index in [1.165, 1.54) is 18.7 Å². The number of Topliss-reactive ketones (excluding diaryl/α,β-unsaturated/α-hetero) is 1. The van der Waals surface area contributed by atoms with E-state index in [1.54, 1.807) is 36.2 Å². The van der Waals surface area contributed by atoms with Crippen LogP contribution in [0, 0.1) is 0 Å². The lowest BCUT2D eigenvalue weighted by Gasteiger charge is -2.23. The third-order valence-electron chi connectivity index (χ3n) is 4.01. The fourth-order valence-corrected chi connectivity index (χ4v) is 2.53. The first-order valence-corrected chi connectivity index (χ1v) is 8.11. The van der Waals surface area contributed by atoms with Crippen molar-refractivity contribution in [1.29, 1.82) is 0 Å². The second-order valence-corrected chi connectivity index (χ2v) is 5.82. The molecule has 0 fully saturated rings. The SMILES string of the molecule is CC(=O)c1cccc(N(CCC(=O)N(C)c2ccccc2)C(C)=O)c1. The number of amides is 2. The fourth-order valence-electron chi connectivity index (χ4n) is 2.53. The summed E-state index contributed by atoms with van der Waals surface area (Å²) in [5.74, 6) is -0.318. The molecule has 0 atom stereocenters. The second-order valence-electron chi connectivity index (χ2n) is 5.82. The molecule has 5 nitrogen and oxygen atoms in total. The highest BCUT2D eigenvalue weighted by atomic mass is 16.2. The number of ketones is 1. The maximum atomic E-state index is 12.4. The van der Waals surface area contributed by atoms with Gasteiger partial charge < -0.3 is 9.80 Å². The summed E-state index contributed by atoms with van der Waals surface area (Å²) in [6, 6.07) is 16.2. The van der Waals surface area contributed by atoms with Crippen LogP contribution in [-0.4, -0.2) is 31.2 Å². The van der Waals surface area contributed by atoms with Gasteiger partial charge in [0.1, 0.15) is 0 Å². The van der Waals surface area contributed by atoms with Crippen LogP contribution in [-0.2, 0) is 9.59 Å². The van der Waals surface area contributed by atoms with Crippen molar-refractivity contribution in [3.63, 3.8) is 0 Å². The highest BCUT2D eigenvalue weighted by molar-refractivity contribution is 5.98. The first kappa shape index (κ1) is 18.4. The van der Waals surface area contributed by atoms with Gasteiger partial charge in [-0.25, -0.2) is 0 Å². The van der Waals surface area contributed by atoms with Gasteiger partial charge in [0, 0.05) is 43.9 Å². The molecule has 0 aliphatic carbocycles. The molecule has 5 heteroatoms. The first-order valence-electron chi connectivity index (χ1n) is 8.11. The molecule has 0 saturated carbocycles. The van der Waals surface area contributed by atoms with Crippen molar-refractivity contribution >= 4 is 29.0 Å². The largest absolute Gasteiger partial charge is 0.315 e. The number of carbonyl (C=O) groups excluding carboxylic acids is 3. The Morgan fingerprint density at radius 2 is 1.52 bits per heavy atom. The lowest BCUT2D eigenvalue weighted by atomic mass is 10.1. The molecule has 0 saturated heterocycles. The number of para-hydroxylation sites is 1. The summed E-state index contributed by atoms with van der Waals surface area (Å²) in [4.78, 5) is 39.0. The zero-order chi connectivity index (χ0) is 18.4. The van der Waals surface area contributed by atoms with Gasteiger partial charge in [-0.1, -0.05) is 30.3 Å². The van der Waals surface area contributed by atoms with Crippen LogP contribution < -0.4 is 9.80 Å². The van der Waals surface area contributed by atoms with Crippen molar-refractivity contribution < 1.29 is 14.4 Å². The van der Waals surface area contributed by atoms with Gasteiger partial charge >= 0.3 is 0 Å². The topological polar surface area (TPSA) is 57.7 Å². The lowest BCUT2D eigenvalue weighted by molar-refractivity contribution is -0.118. The molecule has 0 bridgehead atoms. The van der Waals surface area contributed by atoms with Crippen molar-refractivity contribution in [3.05, 3.63) is 60.2 Å². The predicted octanol–water partition coefficient (Wildman–Crippen LogP) is 3.30. The molecule has 0 aromatic heterocycles. The number of carbonyl (C=O) groups is 3. The van der Waals surface area contributed by atoms with E-state index in [0.717, 1.165) is 5.69 Å². The Hall–Kier alpha value is -2.95. The van der Waals surface area contributed by atoms with Gasteiger partial charge in [0.05, 0.1) is 0 Å². The predicted molar refractivity (Wildman–Crippen MR) is 98.9 cm³/mol. The lowest BCUT2D eigenvalue weighted by Crippen LogP contribution is -2.34. The van der Waals surface area contributed by atoms with E-state index >= 15 is 0 Å². The smallest absolute Gasteiger partial charge is 0.228 e. The molecule has 130 valence electrons. The number of nitrogens with zero attached hydrogens (tertiary/aromatic N) is 2. The minimum atomic E-state index is -0.170. The Balaban J connectivity index is 2.10. The third-order valence-corrected chi connectivity index (χ3v) is 4.01. The number of hydrogen-bond acceptors (Lipinski definition) is 3. The molecule has 0 heterocycles. The molecule has 2 amide bonds. The molecule has 2 aromatic carbocycles. The third kappa shape index (κ3) is 4.76. The van der Waals surface area contributed by atoms with Crippen LogP contribution in [0.3, 0.4) is 0 Å². The molecule has 0 unspecified atom stereocenters. The van der Waals surface area contributed by atoms with Gasteiger partial charge in [0.15, 0.2) is 5.78 Å². The number of anilines is 2. The molecule has 0 radical (unpaired) electrons. The van der Waals surface area contributed by atoms with Crippen LogP contribution in [0.2, 0.25) is 0 Å². The minimum absolute atomic E-state index is 0.0646. The summed E-state index contributed by atoms with van der Waals surface area (Å²) >= 11 is 0. The Bertz CT molecular complexity index is 772. The van der Waals surface area contributed by atoms with Crippen LogP contribution in [0.25, 0.3) is 0 Å². The molecular weight excluding hydrogens is 316 g/mol. The Morgan fingerprint density at radius 1 is 0.880 bits per heavy atom. The normalized spacial score (nSPS) is 10.2. The maximum Gasteiger partial charge on any atom is 0.228 e. The van der Waals surface area contributed by atoms with Crippen LogP contribution >= 0.6 is 0 Å². The zero-order valence-corrected chi connectivity index (χ0v) is 14.7. The zero-order valence-electron chi connectivity index (χ0n) is 14.7. The summed E-state index contributed by atoms with van der Waals surface area (Å²) < 4.78 is 0. The van der Waals surface area contributed by atoms with Crippen molar-refractivity contribution in [2.24, 2.45) is 0 Å². The van der Waals surface area contributed by atoms with Crippen LogP contribution in [0.5, 0.6) is 0 Å². The van der Waals surface area contributed by atoms with E-state index in [9.17, 15) is 14.4 Å². The summed E-state index contributed by atoms with van der Waals surface area (Å²) in [7, 11) is 1.71. The van der Waals surface area contributed by atoms with Gasteiger partial charge in [-0.15, -0.1) is 0 Å². The molecule has 25 heavy (non-hydrogen) atoms. The Morgan fingerprint density at radius 3 is 2.12 bits per heavy atom. The van der Waals surface area contributed by atoms with Crippen LogP contribution in [0.1, 0.15) is 30.6 Å². The van der Waals surface area contributed by atoms with E-state index in [-0.39, 0.29) is 30.6 Å². The van der Waals surface area contributed by atoms with Crippen molar-refractivity contribution in [1.82, 2.24) is 0 Å². The quantitative estimate of drug-likeness (QED) is 0.760. The molecule has 2 aromatic rings. The average molecular weight is 338 g/mol. The molecule has 2 rings (SSSR count). The van der Waals surface area contributed by atoms with E-state index in [2.05, 4.69) is 0 Å². The summed E-state index contributed by atoms with van der Waals surface area (Å²) in [6.07, 6.45) is 0.190. The highest BCUT2D eigenvalue weighted by Crippen LogP contribution is 2.18. The monoisotopic (exact) mass is 338 g/mol. The van der Waals surface area contributed by atoms with Gasteiger partial charge in [-0.05, 0) is 31.2 Å². The standard InChI is InChI=1S/C20H22N2O3/c1-15(23)17-8-7-11-19(14-17)22(16(2)24)13-12-20(25)21(3)18-9-5-4-6-10-18/h4-11,14H,12-13H2,1-3H3. The van der Waals surface area contributed by atoms with Crippen molar-refractivity contribution in [2.45, 2.75) is 20.3 Å². The molecule has 0 N–H and O–H groups in total. The van der Waals surface area contributed by atoms with Gasteiger partial charge in [0.2, 0.25) is 11.8 Å². The molecule has 0 spiro atoms. The average Bonchev–Trinajstić information content (AvgIpc) is 2.61. The van der Waals surface area contributed by atoms with E-state index in [4.69, 9.17) is 0 Å². The van der Waals surface area contributed by atoms with Crippen molar-refractivity contribution in [2.75, 3.05) is 23.4 Å². The number of rotatable bonds is 6. The maximum absolute atomic E-state index is 12.4. The number of hydrogen-bond donors (Lipinski definition) is 0. The van der Waals surface area contributed by atoms with Gasteiger partial charge in [-0.2, -0.15) is 0 Å². The second kappa shape index (κ2) is 8.24. The van der Waals surface area contributed by atoms with E-state index < -0.39 is 0 Å². The van der Waals surface area contributed by atoms with Crippen LogP contribution in [0.4, 0.5) is 11.4 Å². The molecule has 0 aliphatic rings. The van der Waals surface area contributed by atoms with Crippen LogP contribution in [0.15, 0.2) is 54.6 Å². The Labute approximate surface area is 147 Å². The summed E-state index contributed by atoms with van der Waals surface area (Å²) in [5.41, 5.74) is 1.97. The minimum Gasteiger partial charge on any atom is -0.315 e. The fraction of sp³-hybridized carbons (Fsp3) is 0.250.